The Labute approximate surface area is 120 Å². The van der Waals surface area contributed by atoms with Crippen molar-refractivity contribution in [3.63, 3.8) is 0 Å². The molecule has 1 aliphatic heterocycles. The molecule has 0 unspecified atom stereocenters. The molecule has 1 aromatic heterocycles. The predicted octanol–water partition coefficient (Wildman–Crippen LogP) is 1.92. The van der Waals surface area contributed by atoms with Crippen LogP contribution in [-0.2, 0) is 13.5 Å². The standard InChI is InChI=1S/C14H14N4O3/c1-9-7-10-5-3-4-6-11(10)17(9)14(19)13-12(18(20)21)8-16(2)15-13/h3-6,8-9H,7H2,1-2H3/t9-/m1/s1. The number of nitrogens with zero attached hydrogens (tertiary/aromatic N) is 4. The number of aryl methyl sites for hydroxylation is 1. The molecule has 2 aromatic rings. The number of hydrogen-bond donors (Lipinski definition) is 0. The van der Waals surface area contributed by atoms with Crippen molar-refractivity contribution in [3.05, 3.63) is 51.8 Å². The van der Waals surface area contributed by atoms with Gasteiger partial charge >= 0.3 is 5.69 Å². The molecule has 1 aromatic carbocycles. The van der Waals surface area contributed by atoms with E-state index >= 15 is 0 Å². The molecule has 0 saturated heterocycles. The topological polar surface area (TPSA) is 81.3 Å². The summed E-state index contributed by atoms with van der Waals surface area (Å²) in [5.74, 6) is -0.431. The normalized spacial score (nSPS) is 16.9. The maximum atomic E-state index is 12.7. The number of carbonyl (C=O) groups excluding carboxylic acids is 1. The Hall–Kier alpha value is -2.70. The van der Waals surface area contributed by atoms with Crippen LogP contribution in [0.1, 0.15) is 23.0 Å². The Morgan fingerprint density at radius 1 is 1.43 bits per heavy atom. The third kappa shape index (κ3) is 2.06. The first kappa shape index (κ1) is 13.3. The van der Waals surface area contributed by atoms with E-state index in [0.717, 1.165) is 17.7 Å². The molecule has 0 fully saturated rings. The third-order valence-corrected chi connectivity index (χ3v) is 3.63. The number of hydrogen-bond acceptors (Lipinski definition) is 4. The molecule has 1 atom stereocenters. The number of fused-ring (bicyclic) bond motifs is 1. The molecule has 2 heterocycles. The van der Waals surface area contributed by atoms with Crippen molar-refractivity contribution in [2.24, 2.45) is 7.05 Å². The summed E-state index contributed by atoms with van der Waals surface area (Å²) < 4.78 is 1.29. The second kappa shape index (κ2) is 4.69. The molecule has 3 rings (SSSR count). The SMILES string of the molecule is C[C@@H]1Cc2ccccc2N1C(=O)c1nn(C)cc1[N+](=O)[O-]. The minimum atomic E-state index is -0.577. The van der Waals surface area contributed by atoms with E-state index in [1.54, 1.807) is 11.9 Å². The van der Waals surface area contributed by atoms with Gasteiger partial charge in [-0.05, 0) is 25.0 Å². The minimum Gasteiger partial charge on any atom is -0.303 e. The first-order valence-electron chi connectivity index (χ1n) is 6.58. The number of aromatic nitrogens is 2. The van der Waals surface area contributed by atoms with Gasteiger partial charge in [0.05, 0.1) is 4.92 Å². The minimum absolute atomic E-state index is 0.0449. The van der Waals surface area contributed by atoms with Crippen LogP contribution >= 0.6 is 0 Å². The summed E-state index contributed by atoms with van der Waals surface area (Å²) in [5, 5.41) is 15.0. The number of nitro groups is 1. The van der Waals surface area contributed by atoms with Crippen molar-refractivity contribution in [3.8, 4) is 0 Å². The second-order valence-corrected chi connectivity index (χ2v) is 5.15. The van der Waals surface area contributed by atoms with Crippen LogP contribution in [0, 0.1) is 10.1 Å². The lowest BCUT2D eigenvalue weighted by atomic mass is 10.1. The van der Waals surface area contributed by atoms with Crippen molar-refractivity contribution in [1.29, 1.82) is 0 Å². The Bertz CT molecular complexity index is 738. The molecule has 1 amide bonds. The van der Waals surface area contributed by atoms with Gasteiger partial charge in [0.2, 0.25) is 5.69 Å². The van der Waals surface area contributed by atoms with Crippen LogP contribution in [0.2, 0.25) is 0 Å². The molecule has 108 valence electrons. The maximum Gasteiger partial charge on any atom is 0.320 e. The zero-order valence-corrected chi connectivity index (χ0v) is 11.7. The van der Waals surface area contributed by atoms with Crippen molar-refractivity contribution >= 4 is 17.3 Å². The molecule has 21 heavy (non-hydrogen) atoms. The van der Waals surface area contributed by atoms with E-state index in [9.17, 15) is 14.9 Å². The van der Waals surface area contributed by atoms with Crippen LogP contribution in [0.3, 0.4) is 0 Å². The Balaban J connectivity index is 2.05. The number of carbonyl (C=O) groups is 1. The van der Waals surface area contributed by atoms with Gasteiger partial charge in [-0.25, -0.2) is 0 Å². The van der Waals surface area contributed by atoms with E-state index < -0.39 is 10.8 Å². The molecule has 7 nitrogen and oxygen atoms in total. The lowest BCUT2D eigenvalue weighted by molar-refractivity contribution is -0.385. The van der Waals surface area contributed by atoms with Gasteiger partial charge in [0.1, 0.15) is 6.20 Å². The zero-order chi connectivity index (χ0) is 15.1. The molecule has 0 saturated carbocycles. The van der Waals surface area contributed by atoms with Crippen molar-refractivity contribution in [2.75, 3.05) is 4.90 Å². The number of para-hydroxylation sites is 1. The van der Waals surface area contributed by atoms with Gasteiger partial charge in [-0.2, -0.15) is 5.10 Å². The summed E-state index contributed by atoms with van der Waals surface area (Å²) in [7, 11) is 1.56. The average Bonchev–Trinajstić information content (AvgIpc) is 2.97. The van der Waals surface area contributed by atoms with Crippen molar-refractivity contribution < 1.29 is 9.72 Å². The van der Waals surface area contributed by atoms with E-state index in [4.69, 9.17) is 0 Å². The molecule has 0 aliphatic carbocycles. The molecule has 0 bridgehead atoms. The Kier molecular flexibility index (Phi) is 2.97. The molecule has 7 heteroatoms. The van der Waals surface area contributed by atoms with Gasteiger partial charge in [-0.1, -0.05) is 18.2 Å². The van der Waals surface area contributed by atoms with Crippen LogP contribution in [-0.4, -0.2) is 26.7 Å². The van der Waals surface area contributed by atoms with E-state index in [0.29, 0.717) is 0 Å². The predicted molar refractivity (Wildman–Crippen MR) is 76.3 cm³/mol. The van der Waals surface area contributed by atoms with Gasteiger partial charge in [-0.15, -0.1) is 0 Å². The number of amides is 1. The Morgan fingerprint density at radius 3 is 2.86 bits per heavy atom. The number of anilines is 1. The maximum absolute atomic E-state index is 12.7. The van der Waals surface area contributed by atoms with Gasteiger partial charge < -0.3 is 4.90 Å². The summed E-state index contributed by atoms with van der Waals surface area (Å²) in [5.41, 5.74) is 1.48. The fourth-order valence-corrected chi connectivity index (χ4v) is 2.75. The van der Waals surface area contributed by atoms with E-state index in [1.807, 2.05) is 31.2 Å². The fourth-order valence-electron chi connectivity index (χ4n) is 2.75. The lowest BCUT2D eigenvalue weighted by Gasteiger charge is -2.21. The molecular weight excluding hydrogens is 272 g/mol. The zero-order valence-electron chi connectivity index (χ0n) is 11.7. The molecular formula is C14H14N4O3. The highest BCUT2D eigenvalue weighted by molar-refractivity contribution is 6.08. The van der Waals surface area contributed by atoms with E-state index in [1.165, 1.54) is 10.9 Å². The van der Waals surface area contributed by atoms with Crippen LogP contribution < -0.4 is 4.90 Å². The van der Waals surface area contributed by atoms with Gasteiger partial charge in [0.15, 0.2) is 0 Å². The van der Waals surface area contributed by atoms with Crippen molar-refractivity contribution in [1.82, 2.24) is 9.78 Å². The molecule has 0 N–H and O–H groups in total. The summed E-state index contributed by atoms with van der Waals surface area (Å²) in [4.78, 5) is 24.8. The first-order chi connectivity index (χ1) is 9.99. The fraction of sp³-hybridized carbons (Fsp3) is 0.286. The second-order valence-electron chi connectivity index (χ2n) is 5.15. The van der Waals surface area contributed by atoms with Crippen LogP contribution in [0.15, 0.2) is 30.5 Å². The third-order valence-electron chi connectivity index (χ3n) is 3.63. The quantitative estimate of drug-likeness (QED) is 0.624. The van der Waals surface area contributed by atoms with E-state index in [-0.39, 0.29) is 17.4 Å². The number of benzene rings is 1. The van der Waals surface area contributed by atoms with Crippen LogP contribution in [0.5, 0.6) is 0 Å². The van der Waals surface area contributed by atoms with Crippen LogP contribution in [0.4, 0.5) is 11.4 Å². The molecule has 1 aliphatic rings. The highest BCUT2D eigenvalue weighted by Crippen LogP contribution is 2.34. The van der Waals surface area contributed by atoms with E-state index in [2.05, 4.69) is 5.10 Å². The smallest absolute Gasteiger partial charge is 0.303 e. The average molecular weight is 286 g/mol. The highest BCUT2D eigenvalue weighted by Gasteiger charge is 2.36. The number of rotatable bonds is 2. The summed E-state index contributed by atoms with van der Waals surface area (Å²) in [6.07, 6.45) is 1.99. The van der Waals surface area contributed by atoms with Gasteiger partial charge in [0, 0.05) is 18.8 Å². The summed E-state index contributed by atoms with van der Waals surface area (Å²) in [6, 6.07) is 7.54. The van der Waals surface area contributed by atoms with Crippen LogP contribution in [0.25, 0.3) is 0 Å². The molecule has 0 spiro atoms. The van der Waals surface area contributed by atoms with Crippen molar-refractivity contribution in [2.45, 2.75) is 19.4 Å². The summed E-state index contributed by atoms with van der Waals surface area (Å²) in [6.45, 7) is 1.92. The Morgan fingerprint density at radius 2 is 2.14 bits per heavy atom. The highest BCUT2D eigenvalue weighted by atomic mass is 16.6. The molecule has 0 radical (unpaired) electrons. The van der Waals surface area contributed by atoms with Gasteiger partial charge in [0.25, 0.3) is 5.91 Å². The largest absolute Gasteiger partial charge is 0.320 e. The lowest BCUT2D eigenvalue weighted by Crippen LogP contribution is -2.36. The van der Waals surface area contributed by atoms with Gasteiger partial charge in [-0.3, -0.25) is 19.6 Å². The first-order valence-corrected chi connectivity index (χ1v) is 6.58. The summed E-state index contributed by atoms with van der Waals surface area (Å²) >= 11 is 0. The monoisotopic (exact) mass is 286 g/mol.